The van der Waals surface area contributed by atoms with Crippen LogP contribution in [0.15, 0.2) is 48.8 Å². The lowest BCUT2D eigenvalue weighted by molar-refractivity contribution is -0.138. The van der Waals surface area contributed by atoms with Crippen molar-refractivity contribution < 1.29 is 13.2 Å². The molecule has 1 nitrogen and oxygen atoms in total. The zero-order chi connectivity index (χ0) is 14.6. The Balaban J connectivity index is 2.08. The summed E-state index contributed by atoms with van der Waals surface area (Å²) in [6.07, 6.45) is -1.27. The van der Waals surface area contributed by atoms with Gasteiger partial charge in [0.1, 0.15) is 0 Å². The highest BCUT2D eigenvalue weighted by molar-refractivity contribution is 6.20. The Hall–Kier alpha value is -1.55. The molecule has 1 aromatic carbocycles. The molecule has 1 heterocycles. The molecule has 1 atom stereocenters. The SMILES string of the molecule is FC(F)(F)c1ccncc1CCC(Cl)c1ccccc1. The number of alkyl halides is 4. The van der Waals surface area contributed by atoms with Gasteiger partial charge in [-0.3, -0.25) is 4.98 Å². The third-order valence-corrected chi connectivity index (χ3v) is 3.51. The summed E-state index contributed by atoms with van der Waals surface area (Å²) in [6, 6.07) is 10.3. The van der Waals surface area contributed by atoms with Crippen LogP contribution in [0.25, 0.3) is 0 Å². The fourth-order valence-electron chi connectivity index (χ4n) is 2.01. The van der Waals surface area contributed by atoms with Crippen molar-refractivity contribution in [2.75, 3.05) is 0 Å². The van der Waals surface area contributed by atoms with Crippen molar-refractivity contribution in [2.45, 2.75) is 24.4 Å². The topological polar surface area (TPSA) is 12.9 Å². The third-order valence-electron chi connectivity index (χ3n) is 3.04. The van der Waals surface area contributed by atoms with E-state index in [0.717, 1.165) is 17.8 Å². The van der Waals surface area contributed by atoms with E-state index in [1.807, 2.05) is 30.3 Å². The van der Waals surface area contributed by atoms with Gasteiger partial charge in [0, 0.05) is 12.4 Å². The first kappa shape index (κ1) is 14.9. The zero-order valence-electron chi connectivity index (χ0n) is 10.6. The molecule has 0 fully saturated rings. The summed E-state index contributed by atoms with van der Waals surface area (Å²) in [7, 11) is 0. The lowest BCUT2D eigenvalue weighted by Gasteiger charge is -2.14. The summed E-state index contributed by atoms with van der Waals surface area (Å²) in [5.41, 5.74) is 0.456. The molecule has 0 saturated carbocycles. The fraction of sp³-hybridized carbons (Fsp3) is 0.267. The molecule has 0 aliphatic rings. The average Bonchev–Trinajstić information content (AvgIpc) is 2.45. The van der Waals surface area contributed by atoms with Crippen LogP contribution in [-0.2, 0) is 12.6 Å². The van der Waals surface area contributed by atoms with Crippen LogP contribution >= 0.6 is 11.6 Å². The molecule has 20 heavy (non-hydrogen) atoms. The first-order valence-electron chi connectivity index (χ1n) is 6.17. The highest BCUT2D eigenvalue weighted by Gasteiger charge is 2.33. The Bertz CT molecular complexity index is 555. The van der Waals surface area contributed by atoms with Gasteiger partial charge in [-0.05, 0) is 30.0 Å². The molecule has 5 heteroatoms. The maximum absolute atomic E-state index is 12.8. The lowest BCUT2D eigenvalue weighted by Crippen LogP contribution is -2.10. The highest BCUT2D eigenvalue weighted by atomic mass is 35.5. The predicted molar refractivity (Wildman–Crippen MR) is 72.6 cm³/mol. The lowest BCUT2D eigenvalue weighted by atomic mass is 10.0. The predicted octanol–water partition coefficient (Wildman–Crippen LogP) is 5.01. The van der Waals surface area contributed by atoms with E-state index in [-0.39, 0.29) is 17.4 Å². The van der Waals surface area contributed by atoms with Crippen molar-refractivity contribution in [3.8, 4) is 0 Å². The number of rotatable bonds is 4. The Morgan fingerprint density at radius 2 is 1.80 bits per heavy atom. The molecule has 0 aliphatic heterocycles. The van der Waals surface area contributed by atoms with E-state index in [0.29, 0.717) is 6.42 Å². The van der Waals surface area contributed by atoms with E-state index in [2.05, 4.69) is 4.98 Å². The Labute approximate surface area is 120 Å². The number of pyridine rings is 1. The van der Waals surface area contributed by atoms with Gasteiger partial charge in [-0.25, -0.2) is 0 Å². The molecule has 0 bridgehead atoms. The summed E-state index contributed by atoms with van der Waals surface area (Å²) >= 11 is 6.22. The van der Waals surface area contributed by atoms with Crippen LogP contribution < -0.4 is 0 Å². The molecule has 0 N–H and O–H groups in total. The normalized spacial score (nSPS) is 13.2. The van der Waals surface area contributed by atoms with Crippen molar-refractivity contribution in [2.24, 2.45) is 0 Å². The van der Waals surface area contributed by atoms with Crippen LogP contribution in [0.4, 0.5) is 13.2 Å². The van der Waals surface area contributed by atoms with Gasteiger partial charge >= 0.3 is 6.18 Å². The second-order valence-corrected chi connectivity index (χ2v) is 4.97. The molecule has 106 valence electrons. The Kier molecular flexibility index (Phi) is 4.65. The minimum atomic E-state index is -4.35. The average molecular weight is 300 g/mol. The van der Waals surface area contributed by atoms with Crippen molar-refractivity contribution in [3.05, 3.63) is 65.5 Å². The second kappa shape index (κ2) is 6.27. The van der Waals surface area contributed by atoms with Gasteiger partial charge in [0.15, 0.2) is 0 Å². The van der Waals surface area contributed by atoms with E-state index in [1.165, 1.54) is 6.20 Å². The van der Waals surface area contributed by atoms with Crippen LogP contribution in [0.3, 0.4) is 0 Å². The molecular formula is C15H13ClF3N. The van der Waals surface area contributed by atoms with Crippen LogP contribution in [0.2, 0.25) is 0 Å². The second-order valence-electron chi connectivity index (χ2n) is 4.45. The smallest absolute Gasteiger partial charge is 0.264 e. The molecule has 1 aromatic heterocycles. The number of nitrogens with zero attached hydrogens (tertiary/aromatic N) is 1. The van der Waals surface area contributed by atoms with Crippen LogP contribution in [0.5, 0.6) is 0 Å². The van der Waals surface area contributed by atoms with Crippen molar-refractivity contribution in [1.82, 2.24) is 4.98 Å². The standard InChI is InChI=1S/C15H13ClF3N/c16-14(11-4-2-1-3-5-11)7-6-12-10-20-9-8-13(12)15(17,18)19/h1-5,8-10,14H,6-7H2. The van der Waals surface area contributed by atoms with E-state index in [9.17, 15) is 13.2 Å². The summed E-state index contributed by atoms with van der Waals surface area (Å²) < 4.78 is 38.5. The third kappa shape index (κ3) is 3.73. The van der Waals surface area contributed by atoms with Crippen LogP contribution in [0.1, 0.15) is 28.5 Å². The van der Waals surface area contributed by atoms with Crippen LogP contribution in [-0.4, -0.2) is 4.98 Å². The molecule has 0 spiro atoms. The molecule has 0 saturated heterocycles. The summed E-state index contributed by atoms with van der Waals surface area (Å²) in [5, 5.41) is -0.308. The quantitative estimate of drug-likeness (QED) is 0.723. The van der Waals surface area contributed by atoms with Crippen LogP contribution in [0, 0.1) is 0 Å². The number of benzene rings is 1. The summed E-state index contributed by atoms with van der Waals surface area (Å²) in [6.45, 7) is 0. The number of halogens is 4. The zero-order valence-corrected chi connectivity index (χ0v) is 11.3. The number of hydrogen-bond donors (Lipinski definition) is 0. The molecular weight excluding hydrogens is 287 g/mol. The monoisotopic (exact) mass is 299 g/mol. The van der Waals surface area contributed by atoms with Crippen molar-refractivity contribution in [1.29, 1.82) is 0 Å². The van der Waals surface area contributed by atoms with Gasteiger partial charge in [0.2, 0.25) is 0 Å². The highest BCUT2D eigenvalue weighted by Crippen LogP contribution is 2.33. The van der Waals surface area contributed by atoms with Gasteiger partial charge in [-0.2, -0.15) is 13.2 Å². The molecule has 2 rings (SSSR count). The van der Waals surface area contributed by atoms with Gasteiger partial charge < -0.3 is 0 Å². The maximum atomic E-state index is 12.8. The van der Waals surface area contributed by atoms with E-state index >= 15 is 0 Å². The summed E-state index contributed by atoms with van der Waals surface area (Å²) in [4.78, 5) is 3.77. The van der Waals surface area contributed by atoms with E-state index < -0.39 is 11.7 Å². The molecule has 0 radical (unpaired) electrons. The number of aromatic nitrogens is 1. The molecule has 2 aromatic rings. The molecule has 1 unspecified atom stereocenters. The van der Waals surface area contributed by atoms with Crippen molar-refractivity contribution >= 4 is 11.6 Å². The summed E-state index contributed by atoms with van der Waals surface area (Å²) in [5.74, 6) is 0. The fourth-order valence-corrected chi connectivity index (χ4v) is 2.27. The Morgan fingerprint density at radius 1 is 1.10 bits per heavy atom. The minimum Gasteiger partial charge on any atom is -0.264 e. The largest absolute Gasteiger partial charge is 0.416 e. The van der Waals surface area contributed by atoms with Gasteiger partial charge in [-0.15, -0.1) is 11.6 Å². The number of aryl methyl sites for hydroxylation is 1. The molecule has 0 amide bonds. The maximum Gasteiger partial charge on any atom is 0.416 e. The van der Waals surface area contributed by atoms with Gasteiger partial charge in [-0.1, -0.05) is 30.3 Å². The van der Waals surface area contributed by atoms with Gasteiger partial charge in [0.05, 0.1) is 10.9 Å². The Morgan fingerprint density at radius 3 is 2.45 bits per heavy atom. The number of hydrogen-bond acceptors (Lipinski definition) is 1. The van der Waals surface area contributed by atoms with Crippen molar-refractivity contribution in [3.63, 3.8) is 0 Å². The van der Waals surface area contributed by atoms with E-state index in [1.54, 1.807) is 0 Å². The first-order valence-corrected chi connectivity index (χ1v) is 6.61. The molecule has 0 aliphatic carbocycles. The van der Waals surface area contributed by atoms with Gasteiger partial charge in [0.25, 0.3) is 0 Å². The minimum absolute atomic E-state index is 0.182. The van der Waals surface area contributed by atoms with E-state index in [4.69, 9.17) is 11.6 Å². The first-order chi connectivity index (χ1) is 9.48.